The first kappa shape index (κ1) is 27.0. The summed E-state index contributed by atoms with van der Waals surface area (Å²) in [6, 6.07) is 16.0. The van der Waals surface area contributed by atoms with Crippen molar-refractivity contribution in [2.24, 2.45) is 0 Å². The number of benzene rings is 2. The van der Waals surface area contributed by atoms with E-state index in [4.69, 9.17) is 0 Å². The summed E-state index contributed by atoms with van der Waals surface area (Å²) in [5.41, 5.74) is 3.29. The van der Waals surface area contributed by atoms with Crippen LogP contribution in [0.1, 0.15) is 0 Å². The standard InChI is InChI=1S/2C13H10INO.Co/c2*14-11-5-7-12(8-6-11)15-9-10-3-1-2-4-13(10)16;/h2*1-9,15H;/b2*10-9-;. The maximum Gasteiger partial charge on any atom is 0.187 e. The Labute approximate surface area is 231 Å². The van der Waals surface area contributed by atoms with Crippen LogP contribution in [0.3, 0.4) is 0 Å². The Bertz CT molecular complexity index is 1070. The third kappa shape index (κ3) is 9.28. The monoisotopic (exact) mass is 705 g/mol. The summed E-state index contributed by atoms with van der Waals surface area (Å²) in [7, 11) is 0. The maximum atomic E-state index is 11.4. The molecule has 169 valence electrons. The van der Waals surface area contributed by atoms with Crippen molar-refractivity contribution in [3.63, 3.8) is 0 Å². The van der Waals surface area contributed by atoms with Crippen LogP contribution in [0.15, 0.2) is 121 Å². The number of halogens is 2. The Balaban J connectivity index is 0.000000227. The Kier molecular flexibility index (Phi) is 11.6. The van der Waals surface area contributed by atoms with Crippen LogP contribution < -0.4 is 10.6 Å². The number of allylic oxidation sites excluding steroid dienone is 10. The summed E-state index contributed by atoms with van der Waals surface area (Å²) in [5, 5.41) is 6.20. The van der Waals surface area contributed by atoms with E-state index in [0.29, 0.717) is 11.1 Å². The molecule has 0 saturated carbocycles. The van der Waals surface area contributed by atoms with Crippen LogP contribution in [0, 0.1) is 7.14 Å². The zero-order valence-electron chi connectivity index (χ0n) is 17.3. The van der Waals surface area contributed by atoms with Crippen molar-refractivity contribution in [1.82, 2.24) is 0 Å². The normalized spacial score (nSPS) is 16.3. The summed E-state index contributed by atoms with van der Waals surface area (Å²) >= 11 is 4.51. The first-order valence-electron chi connectivity index (χ1n) is 9.74. The predicted molar refractivity (Wildman–Crippen MR) is 148 cm³/mol. The minimum Gasteiger partial charge on any atom is -0.361 e. The van der Waals surface area contributed by atoms with E-state index in [1.54, 1.807) is 48.9 Å². The summed E-state index contributed by atoms with van der Waals surface area (Å²) < 4.78 is 2.37. The van der Waals surface area contributed by atoms with Crippen LogP contribution in [0.4, 0.5) is 11.4 Å². The van der Waals surface area contributed by atoms with Gasteiger partial charge in [0, 0.05) is 58.8 Å². The second-order valence-corrected chi connectivity index (χ2v) is 9.16. The molecule has 0 heterocycles. The molecule has 2 aromatic carbocycles. The van der Waals surface area contributed by atoms with Gasteiger partial charge in [0.1, 0.15) is 0 Å². The van der Waals surface area contributed by atoms with Gasteiger partial charge in [-0.2, -0.15) is 0 Å². The molecular formula is C26H20CoI2N2O2. The largest absolute Gasteiger partial charge is 0.361 e. The average molecular weight is 705 g/mol. The third-order valence-electron chi connectivity index (χ3n) is 4.32. The van der Waals surface area contributed by atoms with E-state index >= 15 is 0 Å². The van der Waals surface area contributed by atoms with Gasteiger partial charge in [0.05, 0.1) is 0 Å². The van der Waals surface area contributed by atoms with Gasteiger partial charge in [-0.05, 0) is 118 Å². The molecule has 33 heavy (non-hydrogen) atoms. The topological polar surface area (TPSA) is 58.2 Å². The molecule has 1 radical (unpaired) electrons. The Morgan fingerprint density at radius 3 is 1.21 bits per heavy atom. The van der Waals surface area contributed by atoms with E-state index in [-0.39, 0.29) is 28.3 Å². The minimum absolute atomic E-state index is 0. The number of carbonyl (C=O) groups excluding carboxylic acids is 2. The van der Waals surface area contributed by atoms with Crippen molar-refractivity contribution in [1.29, 1.82) is 0 Å². The fraction of sp³-hybridized carbons (Fsp3) is 0. The van der Waals surface area contributed by atoms with Gasteiger partial charge in [-0.3, -0.25) is 9.59 Å². The predicted octanol–water partition coefficient (Wildman–Crippen LogP) is 6.56. The molecular weight excluding hydrogens is 685 g/mol. The van der Waals surface area contributed by atoms with Gasteiger partial charge in [0.2, 0.25) is 0 Å². The molecule has 2 aliphatic rings. The molecule has 0 spiro atoms. The smallest absolute Gasteiger partial charge is 0.187 e. The van der Waals surface area contributed by atoms with Crippen molar-refractivity contribution >= 4 is 68.1 Å². The van der Waals surface area contributed by atoms with Gasteiger partial charge in [0.25, 0.3) is 0 Å². The van der Waals surface area contributed by atoms with Crippen molar-refractivity contribution in [3.05, 3.63) is 128 Å². The molecule has 0 bridgehead atoms. The SMILES string of the molecule is O=C1C=CC=C/C1=C/Nc1ccc(I)cc1.O=C1C=CC=C/C1=C/Nc1ccc(I)cc1.[Co]. The van der Waals surface area contributed by atoms with E-state index < -0.39 is 0 Å². The Morgan fingerprint density at radius 1 is 0.545 bits per heavy atom. The van der Waals surface area contributed by atoms with Crippen LogP contribution in [-0.2, 0) is 26.4 Å². The molecule has 0 aromatic heterocycles. The van der Waals surface area contributed by atoms with Crippen molar-refractivity contribution in [2.75, 3.05) is 10.6 Å². The van der Waals surface area contributed by atoms with Crippen LogP contribution in [0.25, 0.3) is 0 Å². The molecule has 0 fully saturated rings. The van der Waals surface area contributed by atoms with Gasteiger partial charge in [0.15, 0.2) is 11.6 Å². The summed E-state index contributed by atoms with van der Waals surface area (Å²) in [4.78, 5) is 22.8. The number of hydrogen-bond donors (Lipinski definition) is 2. The van der Waals surface area contributed by atoms with Crippen LogP contribution in [0.5, 0.6) is 0 Å². The first-order valence-corrected chi connectivity index (χ1v) is 11.9. The Morgan fingerprint density at radius 2 is 0.879 bits per heavy atom. The molecule has 0 atom stereocenters. The fourth-order valence-corrected chi connectivity index (χ4v) is 3.33. The fourth-order valence-electron chi connectivity index (χ4n) is 2.61. The van der Waals surface area contributed by atoms with Gasteiger partial charge in [-0.15, -0.1) is 0 Å². The average Bonchev–Trinajstić information content (AvgIpc) is 2.81. The third-order valence-corrected chi connectivity index (χ3v) is 5.75. The maximum absolute atomic E-state index is 11.4. The van der Waals surface area contributed by atoms with Gasteiger partial charge in [-0.25, -0.2) is 0 Å². The van der Waals surface area contributed by atoms with E-state index in [1.807, 2.05) is 60.7 Å². The quantitative estimate of drug-likeness (QED) is 0.280. The van der Waals surface area contributed by atoms with Crippen LogP contribution in [0.2, 0.25) is 0 Å². The molecule has 4 nitrogen and oxygen atoms in total. The molecule has 2 aromatic rings. The van der Waals surface area contributed by atoms with Crippen LogP contribution >= 0.6 is 45.2 Å². The number of nitrogens with one attached hydrogen (secondary N) is 2. The van der Waals surface area contributed by atoms with Gasteiger partial charge < -0.3 is 10.6 Å². The molecule has 0 aliphatic heterocycles. The molecule has 4 rings (SSSR count). The van der Waals surface area contributed by atoms with E-state index in [1.165, 1.54) is 7.14 Å². The zero-order valence-corrected chi connectivity index (χ0v) is 22.7. The van der Waals surface area contributed by atoms with Crippen molar-refractivity contribution < 1.29 is 26.4 Å². The number of ketones is 2. The Hall–Kier alpha value is -2.21. The minimum atomic E-state index is 0. The van der Waals surface area contributed by atoms with E-state index in [2.05, 4.69) is 55.8 Å². The number of hydrogen-bond acceptors (Lipinski definition) is 4. The van der Waals surface area contributed by atoms with Crippen molar-refractivity contribution in [2.45, 2.75) is 0 Å². The molecule has 2 aliphatic carbocycles. The van der Waals surface area contributed by atoms with Gasteiger partial charge in [-0.1, -0.05) is 24.3 Å². The first-order chi connectivity index (χ1) is 15.5. The zero-order chi connectivity index (χ0) is 22.8. The second-order valence-electron chi connectivity index (χ2n) is 6.67. The second kappa shape index (κ2) is 14.1. The molecule has 0 unspecified atom stereocenters. The summed E-state index contributed by atoms with van der Waals surface area (Å²) in [6.07, 6.45) is 17.3. The summed E-state index contributed by atoms with van der Waals surface area (Å²) in [5.74, 6) is 0.0565. The number of rotatable bonds is 4. The number of carbonyl (C=O) groups is 2. The van der Waals surface area contributed by atoms with Crippen molar-refractivity contribution in [3.8, 4) is 0 Å². The molecule has 0 saturated heterocycles. The van der Waals surface area contributed by atoms with E-state index in [9.17, 15) is 9.59 Å². The summed E-state index contributed by atoms with van der Waals surface area (Å²) in [6.45, 7) is 0. The molecule has 7 heteroatoms. The molecule has 0 amide bonds. The van der Waals surface area contributed by atoms with Gasteiger partial charge >= 0.3 is 0 Å². The van der Waals surface area contributed by atoms with Crippen LogP contribution in [-0.4, -0.2) is 11.6 Å². The molecule has 2 N–H and O–H groups in total. The van der Waals surface area contributed by atoms with E-state index in [0.717, 1.165) is 11.4 Å². The number of anilines is 2.